The van der Waals surface area contributed by atoms with Crippen LogP contribution in [0.4, 0.5) is 0 Å². The molecule has 1 aromatic carbocycles. The van der Waals surface area contributed by atoms with Crippen LogP contribution in [0.15, 0.2) is 35.4 Å². The number of amides is 2. The normalized spacial score (nSPS) is 21.9. The van der Waals surface area contributed by atoms with Crippen molar-refractivity contribution >= 4 is 17.5 Å². The summed E-state index contributed by atoms with van der Waals surface area (Å²) >= 11 is 0. The molecule has 6 nitrogen and oxygen atoms in total. The lowest BCUT2D eigenvalue weighted by Gasteiger charge is -2.24. The molecule has 21 heavy (non-hydrogen) atoms. The summed E-state index contributed by atoms with van der Waals surface area (Å²) < 4.78 is 0. The second kappa shape index (κ2) is 6.05. The smallest absolute Gasteiger partial charge is 0.297 e. The largest absolute Gasteiger partial charge is 0.346 e. The van der Waals surface area contributed by atoms with Crippen LogP contribution in [0, 0.1) is 0 Å². The molecule has 1 atom stereocenters. The average Bonchev–Trinajstić information content (AvgIpc) is 2.98. The van der Waals surface area contributed by atoms with Crippen LogP contribution in [0.2, 0.25) is 0 Å². The first-order valence-electron chi connectivity index (χ1n) is 7.26. The first-order valence-corrected chi connectivity index (χ1v) is 7.26. The van der Waals surface area contributed by atoms with Gasteiger partial charge in [-0.15, -0.1) is 0 Å². The quantitative estimate of drug-likeness (QED) is 0.721. The molecule has 2 amide bonds. The number of carbonyl (C=O) groups excluding carboxylic acids is 2. The lowest BCUT2D eigenvalue weighted by molar-refractivity contribution is -0.885. The maximum Gasteiger partial charge on any atom is 0.297 e. The second-order valence-corrected chi connectivity index (χ2v) is 5.38. The fourth-order valence-electron chi connectivity index (χ4n) is 2.68. The number of piperazine rings is 1. The van der Waals surface area contributed by atoms with Gasteiger partial charge in [0, 0.05) is 6.42 Å². The summed E-state index contributed by atoms with van der Waals surface area (Å²) in [6.07, 6.45) is 0.783. The van der Waals surface area contributed by atoms with E-state index in [0.717, 1.165) is 29.1 Å². The van der Waals surface area contributed by atoms with Crippen molar-refractivity contribution in [3.63, 3.8) is 0 Å². The number of hydrazone groups is 1. The lowest BCUT2D eigenvalue weighted by atomic mass is 10.1. The molecule has 0 bridgehead atoms. The van der Waals surface area contributed by atoms with Crippen LogP contribution in [-0.4, -0.2) is 55.3 Å². The van der Waals surface area contributed by atoms with Gasteiger partial charge in [-0.2, -0.15) is 5.10 Å². The van der Waals surface area contributed by atoms with Crippen LogP contribution in [0.1, 0.15) is 12.0 Å². The zero-order valence-electron chi connectivity index (χ0n) is 11.8. The fraction of sp³-hybridized carbons (Fsp3) is 0.400. The van der Waals surface area contributed by atoms with E-state index in [-0.39, 0.29) is 11.8 Å². The third-order valence-corrected chi connectivity index (χ3v) is 3.81. The highest BCUT2D eigenvalue weighted by atomic mass is 16.2. The molecule has 1 unspecified atom stereocenters. The number of nitrogens with zero attached hydrogens (tertiary/aromatic N) is 2. The van der Waals surface area contributed by atoms with Gasteiger partial charge in [0.1, 0.15) is 0 Å². The van der Waals surface area contributed by atoms with E-state index in [1.165, 1.54) is 0 Å². The van der Waals surface area contributed by atoms with E-state index in [1.54, 1.807) is 5.01 Å². The van der Waals surface area contributed by atoms with Crippen molar-refractivity contribution in [3.05, 3.63) is 35.9 Å². The van der Waals surface area contributed by atoms with E-state index in [0.29, 0.717) is 26.2 Å². The second-order valence-electron chi connectivity index (χ2n) is 5.38. The fourth-order valence-corrected chi connectivity index (χ4v) is 2.68. The molecule has 0 aliphatic carbocycles. The zero-order chi connectivity index (χ0) is 14.7. The molecule has 0 radical (unpaired) electrons. The number of nitrogens with one attached hydrogen (secondary N) is 2. The topological polar surface area (TPSA) is 66.2 Å². The Kier molecular flexibility index (Phi) is 3.96. The number of quaternary nitrogens is 1. The number of hydrogen-bond acceptors (Lipinski definition) is 3. The highest BCUT2D eigenvalue weighted by Gasteiger charge is 2.27. The van der Waals surface area contributed by atoms with Crippen LogP contribution < -0.4 is 10.2 Å². The van der Waals surface area contributed by atoms with Crippen molar-refractivity contribution in [1.82, 2.24) is 10.3 Å². The minimum Gasteiger partial charge on any atom is -0.346 e. The molecule has 110 valence electrons. The van der Waals surface area contributed by atoms with Gasteiger partial charge in [0.2, 0.25) is 0 Å². The highest BCUT2D eigenvalue weighted by molar-refractivity contribution is 6.02. The van der Waals surface area contributed by atoms with E-state index >= 15 is 0 Å². The molecule has 2 heterocycles. The first kappa shape index (κ1) is 13.8. The molecule has 1 fully saturated rings. The maximum absolute atomic E-state index is 12.3. The van der Waals surface area contributed by atoms with Crippen LogP contribution >= 0.6 is 0 Å². The average molecular weight is 287 g/mol. The Balaban J connectivity index is 1.61. The molecule has 2 aliphatic rings. The Labute approximate surface area is 123 Å². The summed E-state index contributed by atoms with van der Waals surface area (Å²) in [6, 6.07) is 9.92. The predicted octanol–water partition coefficient (Wildman–Crippen LogP) is -1.36. The number of carbonyl (C=O) groups is 2. The minimum absolute atomic E-state index is 0.00867. The van der Waals surface area contributed by atoms with Gasteiger partial charge in [-0.1, -0.05) is 30.3 Å². The first-order chi connectivity index (χ1) is 10.2. The molecule has 0 saturated carbocycles. The third-order valence-electron chi connectivity index (χ3n) is 3.81. The summed E-state index contributed by atoms with van der Waals surface area (Å²) in [5.41, 5.74) is 2.02. The van der Waals surface area contributed by atoms with E-state index in [2.05, 4.69) is 10.4 Å². The van der Waals surface area contributed by atoms with Gasteiger partial charge < -0.3 is 10.2 Å². The van der Waals surface area contributed by atoms with Gasteiger partial charge in [-0.05, 0) is 5.56 Å². The van der Waals surface area contributed by atoms with Crippen molar-refractivity contribution < 1.29 is 14.5 Å². The summed E-state index contributed by atoms with van der Waals surface area (Å²) in [6.45, 7) is 2.76. The Morgan fingerprint density at radius 1 is 1.33 bits per heavy atom. The minimum atomic E-state index is -0.00867. The summed E-state index contributed by atoms with van der Waals surface area (Å²) in [5.74, 6) is 0.00424. The number of hydrogen-bond donors (Lipinski definition) is 2. The Bertz CT molecular complexity index is 570. The molecule has 0 aromatic heterocycles. The van der Waals surface area contributed by atoms with E-state index in [4.69, 9.17) is 0 Å². The van der Waals surface area contributed by atoms with Crippen molar-refractivity contribution in [2.45, 2.75) is 6.42 Å². The summed E-state index contributed by atoms with van der Waals surface area (Å²) in [7, 11) is 0. The zero-order valence-corrected chi connectivity index (χ0v) is 11.8. The van der Waals surface area contributed by atoms with Crippen LogP contribution in [0.3, 0.4) is 0 Å². The number of benzene rings is 1. The van der Waals surface area contributed by atoms with Crippen LogP contribution in [-0.2, 0) is 9.59 Å². The van der Waals surface area contributed by atoms with Gasteiger partial charge in [0.05, 0.1) is 25.3 Å². The molecular formula is C15H19N4O2+. The van der Waals surface area contributed by atoms with Gasteiger partial charge >= 0.3 is 0 Å². The van der Waals surface area contributed by atoms with Gasteiger partial charge in [0.15, 0.2) is 13.1 Å². The van der Waals surface area contributed by atoms with Gasteiger partial charge in [-0.3, -0.25) is 9.59 Å². The molecular weight excluding hydrogens is 268 g/mol. The highest BCUT2D eigenvalue weighted by Crippen LogP contribution is 2.13. The van der Waals surface area contributed by atoms with Crippen LogP contribution in [0.25, 0.3) is 0 Å². The van der Waals surface area contributed by atoms with Crippen LogP contribution in [0.5, 0.6) is 0 Å². The molecule has 2 aliphatic heterocycles. The molecule has 6 heteroatoms. The molecule has 1 saturated heterocycles. The SMILES string of the molecule is O=C1C[NH+](CC(=O)N2CCC(c3ccccc3)=N2)CCN1. The van der Waals surface area contributed by atoms with Crippen molar-refractivity contribution in [3.8, 4) is 0 Å². The van der Waals surface area contributed by atoms with E-state index < -0.39 is 0 Å². The van der Waals surface area contributed by atoms with E-state index in [9.17, 15) is 9.59 Å². The standard InChI is InChI=1S/C15H18N4O2/c20-14-10-18(9-7-16-14)11-15(21)19-8-6-13(17-19)12-4-2-1-3-5-12/h1-5H,6-11H2,(H,16,20)/p+1. The maximum atomic E-state index is 12.3. The van der Waals surface area contributed by atoms with E-state index in [1.807, 2.05) is 30.3 Å². The summed E-state index contributed by atoms with van der Waals surface area (Å²) in [4.78, 5) is 24.6. The molecule has 0 spiro atoms. The Morgan fingerprint density at radius 3 is 2.90 bits per heavy atom. The molecule has 3 rings (SSSR count). The number of rotatable bonds is 3. The monoisotopic (exact) mass is 287 g/mol. The Hall–Kier alpha value is -2.21. The summed E-state index contributed by atoms with van der Waals surface area (Å²) in [5, 5.41) is 8.74. The Morgan fingerprint density at radius 2 is 2.14 bits per heavy atom. The molecule has 2 N–H and O–H groups in total. The van der Waals surface area contributed by atoms with Gasteiger partial charge in [-0.25, -0.2) is 5.01 Å². The lowest BCUT2D eigenvalue weighted by Crippen LogP contribution is -3.16. The van der Waals surface area contributed by atoms with Crippen molar-refractivity contribution in [2.24, 2.45) is 5.10 Å². The predicted molar refractivity (Wildman–Crippen MR) is 77.9 cm³/mol. The van der Waals surface area contributed by atoms with Gasteiger partial charge in [0.25, 0.3) is 11.8 Å². The van der Waals surface area contributed by atoms with Crippen molar-refractivity contribution in [2.75, 3.05) is 32.7 Å². The van der Waals surface area contributed by atoms with Crippen molar-refractivity contribution in [1.29, 1.82) is 0 Å². The molecule has 1 aromatic rings. The third kappa shape index (κ3) is 3.28.